The van der Waals surface area contributed by atoms with E-state index >= 15 is 0 Å². The van der Waals surface area contributed by atoms with E-state index in [2.05, 4.69) is 16.9 Å². The van der Waals surface area contributed by atoms with Crippen LogP contribution in [0, 0.1) is 0 Å². The van der Waals surface area contributed by atoms with E-state index in [0.29, 0.717) is 24.7 Å². The summed E-state index contributed by atoms with van der Waals surface area (Å²) in [7, 11) is 3.25. The summed E-state index contributed by atoms with van der Waals surface area (Å²) in [5.74, 6) is 1.86. The normalized spacial score (nSPS) is 11.4. The Labute approximate surface area is 126 Å². The number of nitrogens with one attached hydrogen (secondary N) is 1. The molecular formula is C16H25N3O2. The molecular weight excluding hydrogens is 266 g/mol. The third kappa shape index (κ3) is 5.02. The molecule has 5 nitrogen and oxygen atoms in total. The van der Waals surface area contributed by atoms with E-state index in [-0.39, 0.29) is 6.04 Å². The predicted octanol–water partition coefficient (Wildman–Crippen LogP) is 2.25. The van der Waals surface area contributed by atoms with Gasteiger partial charge in [0.1, 0.15) is 0 Å². The second kappa shape index (κ2) is 8.19. The van der Waals surface area contributed by atoms with Crippen LogP contribution in [0.2, 0.25) is 0 Å². The first-order valence-electron chi connectivity index (χ1n) is 6.92. The van der Waals surface area contributed by atoms with Crippen LogP contribution in [0.5, 0.6) is 11.5 Å². The fourth-order valence-electron chi connectivity index (χ4n) is 2.02. The molecule has 0 fully saturated rings. The quantitative estimate of drug-likeness (QED) is 0.459. The summed E-state index contributed by atoms with van der Waals surface area (Å²) in [6.07, 6.45) is 2.54. The van der Waals surface area contributed by atoms with Crippen molar-refractivity contribution in [3.05, 3.63) is 35.9 Å². The van der Waals surface area contributed by atoms with Crippen LogP contribution in [0.25, 0.3) is 0 Å². The summed E-state index contributed by atoms with van der Waals surface area (Å²) < 4.78 is 10.8. The van der Waals surface area contributed by atoms with Gasteiger partial charge in [0, 0.05) is 11.6 Å². The van der Waals surface area contributed by atoms with Crippen LogP contribution < -0.4 is 20.5 Å². The average Bonchev–Trinajstić information content (AvgIpc) is 2.44. The molecule has 21 heavy (non-hydrogen) atoms. The van der Waals surface area contributed by atoms with Crippen LogP contribution in [-0.4, -0.2) is 26.2 Å². The lowest BCUT2D eigenvalue weighted by Gasteiger charge is -2.14. The fourth-order valence-corrected chi connectivity index (χ4v) is 2.02. The maximum atomic E-state index is 5.81. The van der Waals surface area contributed by atoms with Crippen molar-refractivity contribution >= 4 is 5.96 Å². The molecule has 0 heterocycles. The molecule has 0 bridgehead atoms. The standard InChI is InChI=1S/C16H25N3O2/c1-6-7-13-8-12(9-14(20-4)15(13)21-5)10-18-16(17)19-11(2)3/h6,8-9,11H,1,7,10H2,2-5H3,(H3,17,18,19). The maximum absolute atomic E-state index is 5.81. The summed E-state index contributed by atoms with van der Waals surface area (Å²) in [6.45, 7) is 8.28. The minimum atomic E-state index is 0.260. The van der Waals surface area contributed by atoms with Crippen molar-refractivity contribution in [1.82, 2.24) is 5.32 Å². The van der Waals surface area contributed by atoms with Gasteiger partial charge in [0.15, 0.2) is 17.5 Å². The zero-order valence-corrected chi connectivity index (χ0v) is 13.3. The van der Waals surface area contributed by atoms with Gasteiger partial charge < -0.3 is 20.5 Å². The van der Waals surface area contributed by atoms with Gasteiger partial charge in [-0.05, 0) is 38.0 Å². The molecule has 116 valence electrons. The molecule has 5 heteroatoms. The number of methoxy groups -OCH3 is 2. The third-order valence-corrected chi connectivity index (χ3v) is 2.85. The van der Waals surface area contributed by atoms with Crippen molar-refractivity contribution in [2.45, 2.75) is 32.9 Å². The highest BCUT2D eigenvalue weighted by atomic mass is 16.5. The van der Waals surface area contributed by atoms with E-state index in [0.717, 1.165) is 16.9 Å². The number of guanidine groups is 1. The highest BCUT2D eigenvalue weighted by Crippen LogP contribution is 2.33. The molecule has 0 saturated heterocycles. The first-order valence-corrected chi connectivity index (χ1v) is 6.92. The van der Waals surface area contributed by atoms with E-state index in [4.69, 9.17) is 15.2 Å². The van der Waals surface area contributed by atoms with Gasteiger partial charge >= 0.3 is 0 Å². The van der Waals surface area contributed by atoms with Crippen LogP contribution in [0.3, 0.4) is 0 Å². The largest absolute Gasteiger partial charge is 0.493 e. The molecule has 0 spiro atoms. The Kier molecular flexibility index (Phi) is 6.59. The Morgan fingerprint density at radius 3 is 2.62 bits per heavy atom. The summed E-state index contributed by atoms with van der Waals surface area (Å²) in [4.78, 5) is 4.33. The lowest BCUT2D eigenvalue weighted by Crippen LogP contribution is -2.36. The SMILES string of the molecule is C=CCc1cc(CN=C(N)NC(C)C)cc(OC)c1OC. The lowest BCUT2D eigenvalue weighted by molar-refractivity contribution is 0.352. The molecule has 0 unspecified atom stereocenters. The number of allylic oxidation sites excluding steroid dienone is 1. The number of ether oxygens (including phenoxy) is 2. The molecule has 3 N–H and O–H groups in total. The van der Waals surface area contributed by atoms with Crippen molar-refractivity contribution in [2.75, 3.05) is 14.2 Å². The Morgan fingerprint density at radius 1 is 1.38 bits per heavy atom. The zero-order valence-electron chi connectivity index (χ0n) is 13.3. The van der Waals surface area contributed by atoms with Crippen LogP contribution >= 0.6 is 0 Å². The van der Waals surface area contributed by atoms with Gasteiger partial charge in [-0.3, -0.25) is 0 Å². The number of nitrogens with two attached hydrogens (primary N) is 1. The molecule has 1 rings (SSSR count). The molecule has 0 saturated carbocycles. The summed E-state index contributed by atoms with van der Waals surface area (Å²) in [5, 5.41) is 3.06. The first-order chi connectivity index (χ1) is 10.0. The Hall–Kier alpha value is -2.17. The number of hydrogen-bond acceptors (Lipinski definition) is 3. The number of nitrogens with zero attached hydrogens (tertiary/aromatic N) is 1. The lowest BCUT2D eigenvalue weighted by atomic mass is 10.1. The number of rotatable bonds is 7. The average molecular weight is 291 g/mol. The van der Waals surface area contributed by atoms with Gasteiger partial charge in [0.2, 0.25) is 0 Å². The van der Waals surface area contributed by atoms with E-state index in [1.807, 2.05) is 32.1 Å². The maximum Gasteiger partial charge on any atom is 0.189 e. The van der Waals surface area contributed by atoms with Gasteiger partial charge in [-0.1, -0.05) is 6.08 Å². The van der Waals surface area contributed by atoms with E-state index < -0.39 is 0 Å². The highest BCUT2D eigenvalue weighted by molar-refractivity contribution is 5.78. The van der Waals surface area contributed by atoms with Gasteiger partial charge in [-0.2, -0.15) is 0 Å². The van der Waals surface area contributed by atoms with E-state index in [1.165, 1.54) is 0 Å². The Morgan fingerprint density at radius 2 is 2.10 bits per heavy atom. The molecule has 0 aliphatic rings. The van der Waals surface area contributed by atoms with Gasteiger partial charge in [0.05, 0.1) is 20.8 Å². The molecule has 0 aromatic heterocycles. The van der Waals surface area contributed by atoms with E-state index in [1.54, 1.807) is 14.2 Å². The molecule has 1 aromatic carbocycles. The molecule has 0 aliphatic carbocycles. The monoisotopic (exact) mass is 291 g/mol. The summed E-state index contributed by atoms with van der Waals surface area (Å²) >= 11 is 0. The fraction of sp³-hybridized carbons (Fsp3) is 0.438. The van der Waals surface area contributed by atoms with Crippen LogP contribution in [0.1, 0.15) is 25.0 Å². The van der Waals surface area contributed by atoms with Crippen molar-refractivity contribution in [1.29, 1.82) is 0 Å². The number of benzene rings is 1. The van der Waals surface area contributed by atoms with Crippen molar-refractivity contribution in [2.24, 2.45) is 10.7 Å². The minimum Gasteiger partial charge on any atom is -0.493 e. The smallest absolute Gasteiger partial charge is 0.189 e. The van der Waals surface area contributed by atoms with Crippen molar-refractivity contribution in [3.8, 4) is 11.5 Å². The molecule has 1 aromatic rings. The number of hydrogen-bond donors (Lipinski definition) is 2. The topological polar surface area (TPSA) is 68.9 Å². The molecule has 0 aliphatic heterocycles. The molecule has 0 amide bonds. The van der Waals surface area contributed by atoms with Gasteiger partial charge in [0.25, 0.3) is 0 Å². The second-order valence-corrected chi connectivity index (χ2v) is 4.98. The summed E-state index contributed by atoms with van der Waals surface area (Å²) in [5.41, 5.74) is 7.85. The first kappa shape index (κ1) is 16.9. The van der Waals surface area contributed by atoms with Crippen LogP contribution in [0.15, 0.2) is 29.8 Å². The minimum absolute atomic E-state index is 0.260. The summed E-state index contributed by atoms with van der Waals surface area (Å²) in [6, 6.07) is 4.21. The second-order valence-electron chi connectivity index (χ2n) is 4.98. The highest BCUT2D eigenvalue weighted by Gasteiger charge is 2.11. The number of aliphatic imine (C=N–C) groups is 1. The molecule has 0 radical (unpaired) electrons. The van der Waals surface area contributed by atoms with Gasteiger partial charge in [-0.15, -0.1) is 6.58 Å². The zero-order chi connectivity index (χ0) is 15.8. The van der Waals surface area contributed by atoms with Gasteiger partial charge in [-0.25, -0.2) is 4.99 Å². The van der Waals surface area contributed by atoms with Crippen LogP contribution in [0.4, 0.5) is 0 Å². The van der Waals surface area contributed by atoms with Crippen molar-refractivity contribution < 1.29 is 9.47 Å². The third-order valence-electron chi connectivity index (χ3n) is 2.85. The predicted molar refractivity (Wildman–Crippen MR) is 87.0 cm³/mol. The molecule has 0 atom stereocenters. The van der Waals surface area contributed by atoms with Crippen LogP contribution in [-0.2, 0) is 13.0 Å². The Bertz CT molecular complexity index is 510. The van der Waals surface area contributed by atoms with Crippen molar-refractivity contribution in [3.63, 3.8) is 0 Å². The van der Waals surface area contributed by atoms with E-state index in [9.17, 15) is 0 Å². The Balaban J connectivity index is 3.02.